The Hall–Kier alpha value is -1.03. The molecule has 0 fully saturated rings. The lowest BCUT2D eigenvalue weighted by Gasteiger charge is -2.21. The molecule has 0 saturated carbocycles. The van der Waals surface area contributed by atoms with E-state index >= 15 is 0 Å². The first-order valence-electron chi connectivity index (χ1n) is 5.99. The molecule has 19 heavy (non-hydrogen) atoms. The molecule has 1 nitrogen and oxygen atoms in total. The Bertz CT molecular complexity index is 559. The number of nitrogens with two attached hydrogens (primary N) is 1. The molecule has 0 radical (unpaired) electrons. The van der Waals surface area contributed by atoms with Gasteiger partial charge in [-0.15, -0.1) is 11.8 Å². The maximum absolute atomic E-state index is 13.3. The number of rotatable bonds is 4. The van der Waals surface area contributed by atoms with Gasteiger partial charge in [0.15, 0.2) is 0 Å². The van der Waals surface area contributed by atoms with E-state index in [-0.39, 0.29) is 17.1 Å². The Kier molecular flexibility index (Phi) is 4.86. The first kappa shape index (κ1) is 14.4. The summed E-state index contributed by atoms with van der Waals surface area (Å²) in [6.45, 7) is 1.92. The predicted molar refractivity (Wildman–Crippen MR) is 80.1 cm³/mol. The zero-order chi connectivity index (χ0) is 13.8. The molecule has 0 bridgehead atoms. The average Bonchev–Trinajstić information content (AvgIpc) is 2.35. The van der Waals surface area contributed by atoms with Crippen LogP contribution in [0.5, 0.6) is 0 Å². The van der Waals surface area contributed by atoms with Crippen LogP contribution >= 0.6 is 23.4 Å². The third-order valence-electron chi connectivity index (χ3n) is 2.71. The second-order valence-corrected chi connectivity index (χ2v) is 6.06. The Balaban J connectivity index is 2.26. The SMILES string of the molecule is CC(N)C(Sc1cccc(Cl)c1)c1cccc(F)c1. The van der Waals surface area contributed by atoms with Crippen molar-refractivity contribution in [3.05, 3.63) is 64.9 Å². The average molecular weight is 296 g/mol. The molecule has 2 rings (SSSR count). The van der Waals surface area contributed by atoms with Crippen molar-refractivity contribution in [2.45, 2.75) is 23.1 Å². The summed E-state index contributed by atoms with van der Waals surface area (Å²) in [7, 11) is 0. The third kappa shape index (κ3) is 3.96. The Morgan fingerprint density at radius 1 is 1.16 bits per heavy atom. The molecule has 2 unspecified atom stereocenters. The van der Waals surface area contributed by atoms with E-state index in [0.29, 0.717) is 5.02 Å². The number of benzene rings is 2. The van der Waals surface area contributed by atoms with Gasteiger partial charge in [-0.3, -0.25) is 0 Å². The van der Waals surface area contributed by atoms with Crippen LogP contribution in [0.15, 0.2) is 53.4 Å². The highest BCUT2D eigenvalue weighted by atomic mass is 35.5. The highest BCUT2D eigenvalue weighted by molar-refractivity contribution is 7.99. The summed E-state index contributed by atoms with van der Waals surface area (Å²) in [4.78, 5) is 1.03. The van der Waals surface area contributed by atoms with Gasteiger partial charge >= 0.3 is 0 Å². The Labute approximate surface area is 122 Å². The highest BCUT2D eigenvalue weighted by Crippen LogP contribution is 2.38. The van der Waals surface area contributed by atoms with Gasteiger partial charge in [0.2, 0.25) is 0 Å². The lowest BCUT2D eigenvalue weighted by atomic mass is 10.1. The first-order valence-corrected chi connectivity index (χ1v) is 7.25. The predicted octanol–water partition coefficient (Wildman–Crippen LogP) is 4.66. The smallest absolute Gasteiger partial charge is 0.123 e. The van der Waals surface area contributed by atoms with Crippen LogP contribution in [0.2, 0.25) is 5.02 Å². The fraction of sp³-hybridized carbons (Fsp3) is 0.200. The molecule has 100 valence electrons. The van der Waals surface area contributed by atoms with Crippen molar-refractivity contribution in [1.29, 1.82) is 0 Å². The van der Waals surface area contributed by atoms with Crippen LogP contribution < -0.4 is 5.73 Å². The molecule has 0 aromatic heterocycles. The molecular weight excluding hydrogens is 281 g/mol. The fourth-order valence-electron chi connectivity index (χ4n) is 1.85. The van der Waals surface area contributed by atoms with Crippen LogP contribution in [0.3, 0.4) is 0 Å². The van der Waals surface area contributed by atoms with Crippen molar-refractivity contribution in [3.63, 3.8) is 0 Å². The van der Waals surface area contributed by atoms with Gasteiger partial charge in [0, 0.05) is 21.2 Å². The first-order chi connectivity index (χ1) is 9.06. The summed E-state index contributed by atoms with van der Waals surface area (Å²) in [6.07, 6.45) is 0. The molecule has 0 amide bonds. The topological polar surface area (TPSA) is 26.0 Å². The second kappa shape index (κ2) is 6.42. The molecule has 4 heteroatoms. The minimum atomic E-state index is -0.241. The summed E-state index contributed by atoms with van der Waals surface area (Å²) in [5, 5.41) is 0.682. The van der Waals surface area contributed by atoms with Crippen molar-refractivity contribution in [1.82, 2.24) is 0 Å². The van der Waals surface area contributed by atoms with Gasteiger partial charge in [0.05, 0.1) is 0 Å². The van der Waals surface area contributed by atoms with E-state index < -0.39 is 0 Å². The van der Waals surface area contributed by atoms with Gasteiger partial charge in [-0.05, 0) is 42.8 Å². The van der Waals surface area contributed by atoms with Crippen LogP contribution in [-0.4, -0.2) is 6.04 Å². The highest BCUT2D eigenvalue weighted by Gasteiger charge is 2.18. The summed E-state index contributed by atoms with van der Waals surface area (Å²) in [6, 6.07) is 14.1. The Morgan fingerprint density at radius 3 is 2.53 bits per heavy atom. The van der Waals surface area contributed by atoms with Gasteiger partial charge in [-0.2, -0.15) is 0 Å². The van der Waals surface area contributed by atoms with Crippen molar-refractivity contribution >= 4 is 23.4 Å². The summed E-state index contributed by atoms with van der Waals surface area (Å²) in [5.41, 5.74) is 6.92. The van der Waals surface area contributed by atoms with Gasteiger partial charge < -0.3 is 5.73 Å². The number of halogens is 2. The van der Waals surface area contributed by atoms with Crippen molar-refractivity contribution < 1.29 is 4.39 Å². The quantitative estimate of drug-likeness (QED) is 0.830. The number of thioether (sulfide) groups is 1. The summed E-state index contributed by atoms with van der Waals surface area (Å²) < 4.78 is 13.3. The third-order valence-corrected chi connectivity index (χ3v) is 4.43. The number of hydrogen-bond acceptors (Lipinski definition) is 2. The maximum atomic E-state index is 13.3. The molecule has 2 aromatic carbocycles. The minimum absolute atomic E-state index is 0.00540. The largest absolute Gasteiger partial charge is 0.327 e. The zero-order valence-corrected chi connectivity index (χ0v) is 12.1. The molecule has 0 saturated heterocycles. The van der Waals surface area contributed by atoms with E-state index in [0.717, 1.165) is 10.5 Å². The van der Waals surface area contributed by atoms with E-state index in [2.05, 4.69) is 0 Å². The molecule has 0 aliphatic carbocycles. The van der Waals surface area contributed by atoms with Crippen molar-refractivity contribution in [2.24, 2.45) is 5.73 Å². The molecule has 0 spiro atoms. The van der Waals surface area contributed by atoms with Crippen LogP contribution in [0, 0.1) is 5.82 Å². The summed E-state index contributed by atoms with van der Waals surface area (Å²) >= 11 is 7.57. The van der Waals surface area contributed by atoms with Gasteiger partial charge in [-0.25, -0.2) is 4.39 Å². The fourth-order valence-corrected chi connectivity index (χ4v) is 3.25. The maximum Gasteiger partial charge on any atom is 0.123 e. The summed E-state index contributed by atoms with van der Waals surface area (Å²) in [5.74, 6) is -0.241. The lowest BCUT2D eigenvalue weighted by molar-refractivity contribution is 0.622. The van der Waals surface area contributed by atoms with Gasteiger partial charge in [0.1, 0.15) is 5.82 Å². The van der Waals surface area contributed by atoms with Crippen LogP contribution in [0.1, 0.15) is 17.7 Å². The second-order valence-electron chi connectivity index (χ2n) is 4.41. The standard InChI is InChI=1S/C15H15ClFNS/c1-10(18)15(11-4-2-6-13(17)8-11)19-14-7-3-5-12(16)9-14/h2-10,15H,18H2,1H3. The van der Waals surface area contributed by atoms with Crippen LogP contribution in [0.25, 0.3) is 0 Å². The van der Waals surface area contributed by atoms with E-state index in [1.807, 2.05) is 37.3 Å². The molecule has 2 N–H and O–H groups in total. The molecule has 0 aliphatic heterocycles. The monoisotopic (exact) mass is 295 g/mol. The van der Waals surface area contributed by atoms with E-state index in [9.17, 15) is 4.39 Å². The van der Waals surface area contributed by atoms with Gasteiger partial charge in [0.25, 0.3) is 0 Å². The Morgan fingerprint density at radius 2 is 1.89 bits per heavy atom. The van der Waals surface area contributed by atoms with E-state index in [1.165, 1.54) is 12.1 Å². The zero-order valence-electron chi connectivity index (χ0n) is 10.5. The molecule has 2 aromatic rings. The van der Waals surface area contributed by atoms with Crippen LogP contribution in [0.4, 0.5) is 4.39 Å². The normalized spacial score (nSPS) is 14.1. The lowest BCUT2D eigenvalue weighted by Crippen LogP contribution is -2.22. The van der Waals surface area contributed by atoms with Crippen molar-refractivity contribution in [2.75, 3.05) is 0 Å². The van der Waals surface area contributed by atoms with Gasteiger partial charge in [-0.1, -0.05) is 29.8 Å². The van der Waals surface area contributed by atoms with E-state index in [1.54, 1.807) is 17.8 Å². The van der Waals surface area contributed by atoms with E-state index in [4.69, 9.17) is 17.3 Å². The number of hydrogen-bond donors (Lipinski definition) is 1. The minimum Gasteiger partial charge on any atom is -0.327 e. The molecule has 0 aliphatic rings. The van der Waals surface area contributed by atoms with Crippen LogP contribution in [-0.2, 0) is 0 Å². The molecule has 0 heterocycles. The van der Waals surface area contributed by atoms with Crippen molar-refractivity contribution in [3.8, 4) is 0 Å². The molecular formula is C15H15ClFNS. The molecule has 2 atom stereocenters.